The van der Waals surface area contributed by atoms with Crippen molar-refractivity contribution in [3.8, 4) is 27.9 Å². The van der Waals surface area contributed by atoms with Crippen LogP contribution in [0, 0.1) is 0 Å². The zero-order valence-electron chi connectivity index (χ0n) is 24.9. The third kappa shape index (κ3) is 2.99. The van der Waals surface area contributed by atoms with Gasteiger partial charge in [0, 0.05) is 56.0 Å². The largest absolute Gasteiger partial charge is 0.376 e. The van der Waals surface area contributed by atoms with E-state index in [0.717, 1.165) is 0 Å². The maximum atomic E-state index is 2.60. The summed E-state index contributed by atoms with van der Waals surface area (Å²) in [6.45, 7) is 0.0631. The summed E-state index contributed by atoms with van der Waals surface area (Å²) in [5.41, 5.74) is 17.7. The van der Waals surface area contributed by atoms with Crippen LogP contribution in [-0.4, -0.2) is 11.4 Å². The van der Waals surface area contributed by atoms with Crippen LogP contribution in [0.25, 0.3) is 49.7 Å². The summed E-state index contributed by atoms with van der Waals surface area (Å²) in [5, 5.41) is 2.55. The molecular weight excluding hydrogens is 557 g/mol. The van der Waals surface area contributed by atoms with Crippen LogP contribution in [0.4, 0.5) is 28.4 Å². The van der Waals surface area contributed by atoms with Crippen LogP contribution in [-0.2, 0) is 0 Å². The molecule has 8 aromatic rings. The number of fused-ring (bicyclic) bond motifs is 9. The molecule has 11 rings (SSSR count). The van der Waals surface area contributed by atoms with Crippen molar-refractivity contribution in [2.75, 3.05) is 9.71 Å². The molecule has 0 unspecified atom stereocenters. The predicted octanol–water partition coefficient (Wildman–Crippen LogP) is 9.47. The maximum Gasteiger partial charge on any atom is 0.333 e. The number of hydrogen-bond acceptors (Lipinski definition) is 2. The highest BCUT2D eigenvalue weighted by atomic mass is 15.2. The number of nitrogens with zero attached hydrogens (tertiary/aromatic N) is 3. The molecule has 212 valence electrons. The summed E-state index contributed by atoms with van der Waals surface area (Å²) in [5.74, 6) is 0. The Morgan fingerprint density at radius 1 is 0.370 bits per heavy atom. The van der Waals surface area contributed by atoms with E-state index in [2.05, 4.69) is 172 Å². The maximum absolute atomic E-state index is 2.60. The van der Waals surface area contributed by atoms with Crippen LogP contribution in [0.3, 0.4) is 0 Å². The Morgan fingerprint density at radius 2 is 0.913 bits per heavy atom. The average Bonchev–Trinajstić information content (AvgIpc) is 3.46. The van der Waals surface area contributed by atoms with E-state index in [1.165, 1.54) is 89.1 Å². The van der Waals surface area contributed by atoms with Crippen molar-refractivity contribution in [3.63, 3.8) is 0 Å². The summed E-state index contributed by atoms with van der Waals surface area (Å²) >= 11 is 0. The van der Waals surface area contributed by atoms with Gasteiger partial charge < -0.3 is 14.3 Å². The molecule has 3 aliphatic heterocycles. The molecule has 0 spiro atoms. The first-order chi connectivity index (χ1) is 22.9. The van der Waals surface area contributed by atoms with Gasteiger partial charge in [0.15, 0.2) is 0 Å². The Hall–Kier alpha value is -6.00. The van der Waals surface area contributed by atoms with Crippen LogP contribution < -0.4 is 20.6 Å². The highest BCUT2D eigenvalue weighted by molar-refractivity contribution is 6.95. The van der Waals surface area contributed by atoms with E-state index < -0.39 is 0 Å². The summed E-state index contributed by atoms with van der Waals surface area (Å²) in [6.07, 6.45) is 0. The molecule has 0 amide bonds. The van der Waals surface area contributed by atoms with Crippen molar-refractivity contribution in [1.82, 2.24) is 4.57 Å². The van der Waals surface area contributed by atoms with Gasteiger partial charge in [-0.25, -0.2) is 0 Å². The van der Waals surface area contributed by atoms with Crippen LogP contribution >= 0.6 is 0 Å². The zero-order chi connectivity index (χ0) is 29.9. The van der Waals surface area contributed by atoms with Gasteiger partial charge in [-0.3, -0.25) is 0 Å². The minimum absolute atomic E-state index is 0.0631. The average molecular weight is 584 g/mol. The summed E-state index contributed by atoms with van der Waals surface area (Å²) in [6, 6.07) is 58.1. The number of para-hydroxylation sites is 5. The molecule has 0 bridgehead atoms. The van der Waals surface area contributed by atoms with Crippen molar-refractivity contribution in [3.05, 3.63) is 158 Å². The molecule has 4 heteroatoms. The Morgan fingerprint density at radius 3 is 1.63 bits per heavy atom. The van der Waals surface area contributed by atoms with E-state index in [1.54, 1.807) is 0 Å². The second kappa shape index (κ2) is 8.80. The lowest BCUT2D eigenvalue weighted by atomic mass is 9.41. The Kier molecular flexibility index (Phi) is 4.66. The zero-order valence-corrected chi connectivity index (χ0v) is 24.9. The quantitative estimate of drug-likeness (QED) is 0.188. The lowest BCUT2D eigenvalue weighted by molar-refractivity contribution is 1.17. The number of hydrogen-bond donors (Lipinski definition) is 0. The molecular formula is C42H26BN3. The van der Waals surface area contributed by atoms with Gasteiger partial charge in [-0.15, -0.1) is 0 Å². The second-order valence-corrected chi connectivity index (χ2v) is 12.5. The summed E-state index contributed by atoms with van der Waals surface area (Å²) in [7, 11) is 0. The van der Waals surface area contributed by atoms with E-state index in [0.29, 0.717) is 0 Å². The Balaban J connectivity index is 1.32. The fraction of sp³-hybridized carbons (Fsp3) is 0. The van der Waals surface area contributed by atoms with Gasteiger partial charge in [-0.05, 0) is 76.6 Å². The van der Waals surface area contributed by atoms with Crippen LogP contribution in [0.1, 0.15) is 0 Å². The molecule has 7 aromatic carbocycles. The number of rotatable bonds is 2. The van der Waals surface area contributed by atoms with Gasteiger partial charge in [-0.2, -0.15) is 0 Å². The van der Waals surface area contributed by atoms with Gasteiger partial charge in [0.1, 0.15) is 0 Å². The van der Waals surface area contributed by atoms with E-state index in [4.69, 9.17) is 0 Å². The molecule has 0 radical (unpaired) electrons. The van der Waals surface area contributed by atoms with E-state index in [-0.39, 0.29) is 6.85 Å². The molecule has 4 heterocycles. The first kappa shape index (κ1) is 24.3. The molecule has 0 N–H and O–H groups in total. The molecule has 0 saturated carbocycles. The van der Waals surface area contributed by atoms with Crippen LogP contribution in [0.2, 0.25) is 0 Å². The Bertz CT molecular complexity index is 2510. The van der Waals surface area contributed by atoms with Crippen LogP contribution in [0.5, 0.6) is 0 Å². The SMILES string of the molecule is c1ccc(N2c3cccc4c3B3c5c(cc(-n6c7ccccc7c7ccccc76)cc52)-c2ccccc2N3c2ccccc2-4)cc1. The lowest BCUT2D eigenvalue weighted by Gasteiger charge is -2.49. The lowest BCUT2D eigenvalue weighted by Crippen LogP contribution is -2.63. The predicted molar refractivity (Wildman–Crippen MR) is 193 cm³/mol. The third-order valence-corrected chi connectivity index (χ3v) is 10.3. The smallest absolute Gasteiger partial charge is 0.333 e. The first-order valence-corrected chi connectivity index (χ1v) is 16.0. The summed E-state index contributed by atoms with van der Waals surface area (Å²) in [4.78, 5) is 5.11. The second-order valence-electron chi connectivity index (χ2n) is 12.5. The minimum Gasteiger partial charge on any atom is -0.376 e. The van der Waals surface area contributed by atoms with Gasteiger partial charge in [0.25, 0.3) is 0 Å². The number of aromatic nitrogens is 1. The topological polar surface area (TPSA) is 11.4 Å². The normalized spacial score (nSPS) is 13.5. The fourth-order valence-electron chi connectivity index (χ4n) is 8.54. The molecule has 1 aromatic heterocycles. The molecule has 0 saturated heterocycles. The molecule has 0 fully saturated rings. The molecule has 0 atom stereocenters. The van der Waals surface area contributed by atoms with E-state index in [1.807, 2.05) is 0 Å². The highest BCUT2D eigenvalue weighted by Gasteiger charge is 2.48. The fourth-order valence-corrected chi connectivity index (χ4v) is 8.54. The number of anilines is 5. The first-order valence-electron chi connectivity index (χ1n) is 16.0. The Labute approximate surface area is 267 Å². The third-order valence-electron chi connectivity index (χ3n) is 10.3. The standard InChI is InChI=1S/C42H26BN3/c1-2-13-27(14-3-1)44-39-24-12-19-33-31-17-6-10-22-37(31)46-38-23-11-7-18-32(38)34-25-28(26-40(44)42(34)43(46)41(33)39)45-35-20-8-4-15-29(35)30-16-5-9-21-36(30)45/h1-26H. The monoisotopic (exact) mass is 583 g/mol. The van der Waals surface area contributed by atoms with Crippen molar-refractivity contribution in [2.24, 2.45) is 0 Å². The minimum atomic E-state index is 0.0631. The van der Waals surface area contributed by atoms with Gasteiger partial charge in [0.05, 0.1) is 11.0 Å². The van der Waals surface area contributed by atoms with Crippen LogP contribution in [0.15, 0.2) is 158 Å². The van der Waals surface area contributed by atoms with Crippen molar-refractivity contribution in [2.45, 2.75) is 0 Å². The van der Waals surface area contributed by atoms with Gasteiger partial charge in [-0.1, -0.05) is 103 Å². The van der Waals surface area contributed by atoms with Gasteiger partial charge >= 0.3 is 6.85 Å². The van der Waals surface area contributed by atoms with E-state index >= 15 is 0 Å². The van der Waals surface area contributed by atoms with Crippen molar-refractivity contribution < 1.29 is 0 Å². The van der Waals surface area contributed by atoms with Gasteiger partial charge in [0.2, 0.25) is 0 Å². The van der Waals surface area contributed by atoms with Crippen molar-refractivity contribution >= 4 is 68.0 Å². The summed E-state index contributed by atoms with van der Waals surface area (Å²) < 4.78 is 2.46. The molecule has 3 aliphatic rings. The van der Waals surface area contributed by atoms with Crippen molar-refractivity contribution in [1.29, 1.82) is 0 Å². The molecule has 0 aliphatic carbocycles. The highest BCUT2D eigenvalue weighted by Crippen LogP contribution is 2.52. The number of benzene rings is 7. The molecule has 3 nitrogen and oxygen atoms in total. The molecule has 46 heavy (non-hydrogen) atoms. The van der Waals surface area contributed by atoms with E-state index in [9.17, 15) is 0 Å².